The first kappa shape index (κ1) is 19.9. The Balaban J connectivity index is 1.53. The molecule has 3 rings (SSSR count). The number of nitrogens with one attached hydrogen (secondary N) is 1. The highest BCUT2D eigenvalue weighted by Crippen LogP contribution is 2.20. The molecule has 3 aromatic rings. The van der Waals surface area contributed by atoms with Gasteiger partial charge in [-0.15, -0.1) is 10.2 Å². The topological polar surface area (TPSA) is 69.0 Å². The SMILES string of the molecule is Cc1cc(C)cc(OCc2nnc(SCC(=O)Nc3ccc(F)cc3)n2C)c1. The molecule has 1 heterocycles. The fourth-order valence-corrected chi connectivity index (χ4v) is 3.35. The van der Waals surface area contributed by atoms with Gasteiger partial charge in [0.05, 0.1) is 5.75 Å². The van der Waals surface area contributed by atoms with Crippen molar-refractivity contribution in [1.82, 2.24) is 14.8 Å². The number of halogens is 1. The summed E-state index contributed by atoms with van der Waals surface area (Å²) >= 11 is 1.27. The summed E-state index contributed by atoms with van der Waals surface area (Å²) in [6.07, 6.45) is 0. The molecule has 0 atom stereocenters. The van der Waals surface area contributed by atoms with E-state index in [0.29, 0.717) is 16.7 Å². The number of carbonyl (C=O) groups excluding carboxylic acids is 1. The molecule has 0 saturated heterocycles. The van der Waals surface area contributed by atoms with Gasteiger partial charge in [-0.2, -0.15) is 0 Å². The van der Waals surface area contributed by atoms with Crippen molar-refractivity contribution in [2.75, 3.05) is 11.1 Å². The Bertz CT molecular complexity index is 953. The zero-order valence-electron chi connectivity index (χ0n) is 15.9. The summed E-state index contributed by atoms with van der Waals surface area (Å²) in [6, 6.07) is 11.7. The fourth-order valence-electron chi connectivity index (χ4n) is 2.62. The molecule has 28 heavy (non-hydrogen) atoms. The van der Waals surface area contributed by atoms with Gasteiger partial charge in [0.15, 0.2) is 11.0 Å². The Kier molecular flexibility index (Phi) is 6.30. The van der Waals surface area contributed by atoms with Crippen LogP contribution in [-0.4, -0.2) is 26.4 Å². The quantitative estimate of drug-likeness (QED) is 0.610. The number of hydrogen-bond acceptors (Lipinski definition) is 5. The third-order valence-corrected chi connectivity index (χ3v) is 4.97. The molecule has 0 aliphatic heterocycles. The van der Waals surface area contributed by atoms with Crippen LogP contribution < -0.4 is 10.1 Å². The standard InChI is InChI=1S/C20H21FN4O2S/c1-13-8-14(2)10-17(9-13)27-11-18-23-24-20(25(18)3)28-12-19(26)22-16-6-4-15(21)5-7-16/h4-10H,11-12H2,1-3H3,(H,22,26). The van der Waals surface area contributed by atoms with Crippen LogP contribution >= 0.6 is 11.8 Å². The predicted molar refractivity (Wildman–Crippen MR) is 107 cm³/mol. The first-order valence-electron chi connectivity index (χ1n) is 8.68. The molecule has 0 radical (unpaired) electrons. The van der Waals surface area contributed by atoms with Crippen LogP contribution in [0.3, 0.4) is 0 Å². The Morgan fingerprint density at radius 1 is 1.14 bits per heavy atom. The van der Waals surface area contributed by atoms with Gasteiger partial charge in [-0.05, 0) is 61.4 Å². The van der Waals surface area contributed by atoms with Crippen molar-refractivity contribution in [2.24, 2.45) is 7.05 Å². The van der Waals surface area contributed by atoms with Crippen LogP contribution in [0.2, 0.25) is 0 Å². The molecule has 8 heteroatoms. The van der Waals surface area contributed by atoms with Crippen molar-refractivity contribution < 1.29 is 13.9 Å². The van der Waals surface area contributed by atoms with Gasteiger partial charge in [0, 0.05) is 12.7 Å². The zero-order valence-corrected chi connectivity index (χ0v) is 16.7. The molecule has 0 unspecified atom stereocenters. The van der Waals surface area contributed by atoms with Crippen molar-refractivity contribution in [3.63, 3.8) is 0 Å². The van der Waals surface area contributed by atoms with E-state index in [1.165, 1.54) is 36.0 Å². The summed E-state index contributed by atoms with van der Waals surface area (Å²) in [5.41, 5.74) is 2.82. The first-order chi connectivity index (χ1) is 13.4. The van der Waals surface area contributed by atoms with E-state index in [1.807, 2.05) is 33.0 Å². The van der Waals surface area contributed by atoms with E-state index in [0.717, 1.165) is 16.9 Å². The Labute approximate surface area is 167 Å². The molecule has 1 N–H and O–H groups in total. The van der Waals surface area contributed by atoms with Gasteiger partial charge >= 0.3 is 0 Å². The molecule has 0 bridgehead atoms. The maximum Gasteiger partial charge on any atom is 0.234 e. The number of hydrogen-bond donors (Lipinski definition) is 1. The minimum atomic E-state index is -0.345. The number of ether oxygens (including phenoxy) is 1. The molecular formula is C20H21FN4O2S. The van der Waals surface area contributed by atoms with Crippen molar-refractivity contribution in [1.29, 1.82) is 0 Å². The largest absolute Gasteiger partial charge is 0.486 e. The highest BCUT2D eigenvalue weighted by Gasteiger charge is 2.12. The van der Waals surface area contributed by atoms with E-state index in [1.54, 1.807) is 4.57 Å². The number of nitrogens with zero attached hydrogens (tertiary/aromatic N) is 3. The van der Waals surface area contributed by atoms with E-state index in [-0.39, 0.29) is 24.1 Å². The fraction of sp³-hybridized carbons (Fsp3) is 0.250. The summed E-state index contributed by atoms with van der Waals surface area (Å²) in [5.74, 6) is 1.07. The van der Waals surface area contributed by atoms with Crippen LogP contribution in [0.15, 0.2) is 47.6 Å². The zero-order chi connectivity index (χ0) is 20.1. The number of aromatic nitrogens is 3. The van der Waals surface area contributed by atoms with E-state index in [4.69, 9.17) is 4.74 Å². The van der Waals surface area contributed by atoms with Crippen LogP contribution in [-0.2, 0) is 18.4 Å². The maximum absolute atomic E-state index is 12.9. The van der Waals surface area contributed by atoms with Crippen molar-refractivity contribution in [2.45, 2.75) is 25.6 Å². The summed E-state index contributed by atoms with van der Waals surface area (Å²) in [4.78, 5) is 12.1. The second-order valence-electron chi connectivity index (χ2n) is 6.41. The second kappa shape index (κ2) is 8.88. The molecule has 0 spiro atoms. The number of thioether (sulfide) groups is 1. The van der Waals surface area contributed by atoms with Crippen molar-refractivity contribution in [3.05, 3.63) is 65.2 Å². The molecule has 146 valence electrons. The van der Waals surface area contributed by atoms with Crippen molar-refractivity contribution >= 4 is 23.4 Å². The molecule has 0 saturated carbocycles. The van der Waals surface area contributed by atoms with E-state index in [9.17, 15) is 9.18 Å². The molecule has 0 fully saturated rings. The van der Waals surface area contributed by atoms with Crippen LogP contribution in [0, 0.1) is 19.7 Å². The minimum Gasteiger partial charge on any atom is -0.486 e. The normalized spacial score (nSPS) is 10.7. The van der Waals surface area contributed by atoms with Gasteiger partial charge < -0.3 is 14.6 Å². The average Bonchev–Trinajstić information content (AvgIpc) is 2.99. The smallest absolute Gasteiger partial charge is 0.234 e. The van der Waals surface area contributed by atoms with Gasteiger partial charge in [0.25, 0.3) is 0 Å². The maximum atomic E-state index is 12.9. The van der Waals surface area contributed by atoms with E-state index < -0.39 is 0 Å². The monoisotopic (exact) mass is 400 g/mol. The summed E-state index contributed by atoms with van der Waals surface area (Å²) in [7, 11) is 1.83. The molecule has 1 aromatic heterocycles. The molecule has 0 aliphatic carbocycles. The number of benzene rings is 2. The molecule has 0 aliphatic rings. The van der Waals surface area contributed by atoms with Gasteiger partial charge in [-0.25, -0.2) is 4.39 Å². The lowest BCUT2D eigenvalue weighted by atomic mass is 10.1. The third kappa shape index (κ3) is 5.32. The third-order valence-electron chi connectivity index (χ3n) is 3.95. The summed E-state index contributed by atoms with van der Waals surface area (Å²) in [6.45, 7) is 4.33. The minimum absolute atomic E-state index is 0.168. The Morgan fingerprint density at radius 3 is 2.50 bits per heavy atom. The number of carbonyl (C=O) groups is 1. The lowest BCUT2D eigenvalue weighted by Crippen LogP contribution is -2.14. The summed E-state index contributed by atoms with van der Waals surface area (Å²) < 4.78 is 20.5. The summed E-state index contributed by atoms with van der Waals surface area (Å²) in [5, 5.41) is 11.6. The number of aryl methyl sites for hydroxylation is 2. The number of anilines is 1. The number of amides is 1. The van der Waals surface area contributed by atoms with E-state index >= 15 is 0 Å². The Morgan fingerprint density at radius 2 is 1.82 bits per heavy atom. The highest BCUT2D eigenvalue weighted by molar-refractivity contribution is 7.99. The van der Waals surface area contributed by atoms with Gasteiger partial charge in [-0.3, -0.25) is 4.79 Å². The van der Waals surface area contributed by atoms with Crippen LogP contribution in [0.1, 0.15) is 17.0 Å². The van der Waals surface area contributed by atoms with Crippen LogP contribution in [0.5, 0.6) is 5.75 Å². The number of rotatable bonds is 7. The van der Waals surface area contributed by atoms with Crippen molar-refractivity contribution in [3.8, 4) is 5.75 Å². The second-order valence-corrected chi connectivity index (χ2v) is 7.36. The van der Waals surface area contributed by atoms with Crippen LogP contribution in [0.4, 0.5) is 10.1 Å². The first-order valence-corrected chi connectivity index (χ1v) is 9.67. The molecular weight excluding hydrogens is 379 g/mol. The van der Waals surface area contributed by atoms with Gasteiger partial charge in [0.1, 0.15) is 18.2 Å². The lowest BCUT2D eigenvalue weighted by molar-refractivity contribution is -0.113. The molecule has 6 nitrogen and oxygen atoms in total. The molecule has 2 aromatic carbocycles. The highest BCUT2D eigenvalue weighted by atomic mass is 32.2. The predicted octanol–water partition coefficient (Wildman–Crippen LogP) is 3.88. The lowest BCUT2D eigenvalue weighted by Gasteiger charge is -2.08. The van der Waals surface area contributed by atoms with Gasteiger partial charge in [-0.1, -0.05) is 17.8 Å². The molecule has 1 amide bonds. The Hall–Kier alpha value is -2.87. The van der Waals surface area contributed by atoms with E-state index in [2.05, 4.69) is 21.6 Å². The average molecular weight is 400 g/mol. The van der Waals surface area contributed by atoms with Gasteiger partial charge in [0.2, 0.25) is 5.91 Å². The van der Waals surface area contributed by atoms with Crippen LogP contribution in [0.25, 0.3) is 0 Å².